The minimum Gasteiger partial charge on any atom is -0.338 e. The highest BCUT2D eigenvalue weighted by Gasteiger charge is 2.37. The number of amides is 1. The van der Waals surface area contributed by atoms with E-state index < -0.39 is 10.0 Å². The smallest absolute Gasteiger partial charge is 0.255 e. The van der Waals surface area contributed by atoms with Gasteiger partial charge in [-0.25, -0.2) is 8.42 Å². The summed E-state index contributed by atoms with van der Waals surface area (Å²) in [5, 5.41) is 0. The van der Waals surface area contributed by atoms with Crippen LogP contribution in [0.2, 0.25) is 0 Å². The van der Waals surface area contributed by atoms with Crippen LogP contribution in [0.5, 0.6) is 0 Å². The monoisotopic (exact) mass is 365 g/mol. The van der Waals surface area contributed by atoms with Gasteiger partial charge in [0, 0.05) is 26.2 Å². The predicted molar refractivity (Wildman–Crippen MR) is 96.7 cm³/mol. The van der Waals surface area contributed by atoms with Gasteiger partial charge in [-0.2, -0.15) is 4.31 Å². The highest BCUT2D eigenvalue weighted by molar-refractivity contribution is 7.89. The molecule has 6 nitrogen and oxygen atoms in total. The van der Waals surface area contributed by atoms with Gasteiger partial charge in [0.2, 0.25) is 10.0 Å². The van der Waals surface area contributed by atoms with E-state index in [0.717, 1.165) is 25.7 Å². The van der Waals surface area contributed by atoms with Crippen molar-refractivity contribution in [1.29, 1.82) is 0 Å². The van der Waals surface area contributed by atoms with E-state index in [-0.39, 0.29) is 21.8 Å². The van der Waals surface area contributed by atoms with Gasteiger partial charge in [0.1, 0.15) is 0 Å². The standard InChI is InChI=1S/C18H27N3O3S/c1-18(13-19)9-12-20(14-18)17(22)15-7-3-4-8-16(15)25(23,24)21-10-5-2-6-11-21/h3-4,7-8H,2,5-6,9-14,19H2,1H3. The first kappa shape index (κ1) is 18.4. The Balaban J connectivity index is 1.90. The molecule has 1 aromatic rings. The zero-order valence-electron chi connectivity index (χ0n) is 14.8. The fourth-order valence-corrected chi connectivity index (χ4v) is 5.35. The fraction of sp³-hybridized carbons (Fsp3) is 0.611. The van der Waals surface area contributed by atoms with Crippen LogP contribution in [-0.4, -0.2) is 56.3 Å². The van der Waals surface area contributed by atoms with Gasteiger partial charge in [0.15, 0.2) is 0 Å². The summed E-state index contributed by atoms with van der Waals surface area (Å²) >= 11 is 0. The Bertz CT molecular complexity index is 744. The van der Waals surface area contributed by atoms with E-state index in [4.69, 9.17) is 5.73 Å². The summed E-state index contributed by atoms with van der Waals surface area (Å²) in [6.45, 7) is 4.83. The molecule has 1 amide bonds. The van der Waals surface area contributed by atoms with Crippen LogP contribution < -0.4 is 5.73 Å². The third-order valence-corrected chi connectivity index (χ3v) is 7.34. The number of rotatable bonds is 4. The van der Waals surface area contributed by atoms with Crippen molar-refractivity contribution in [3.63, 3.8) is 0 Å². The zero-order valence-corrected chi connectivity index (χ0v) is 15.6. The molecular formula is C18H27N3O3S. The summed E-state index contributed by atoms with van der Waals surface area (Å²) in [6, 6.07) is 6.58. The average Bonchev–Trinajstić information content (AvgIpc) is 3.05. The van der Waals surface area contributed by atoms with Crippen LogP contribution in [0.25, 0.3) is 0 Å². The fourth-order valence-electron chi connectivity index (χ4n) is 3.65. The molecule has 0 saturated carbocycles. The average molecular weight is 365 g/mol. The van der Waals surface area contributed by atoms with Crippen LogP contribution in [0, 0.1) is 5.41 Å². The number of likely N-dealkylation sites (tertiary alicyclic amines) is 1. The Kier molecular flexibility index (Phi) is 5.18. The molecule has 2 fully saturated rings. The van der Waals surface area contributed by atoms with Gasteiger partial charge in [-0.1, -0.05) is 25.5 Å². The van der Waals surface area contributed by atoms with Crippen molar-refractivity contribution in [3.8, 4) is 0 Å². The molecule has 1 unspecified atom stereocenters. The van der Waals surface area contributed by atoms with Crippen molar-refractivity contribution in [3.05, 3.63) is 29.8 Å². The van der Waals surface area contributed by atoms with E-state index in [1.807, 2.05) is 0 Å². The lowest BCUT2D eigenvalue weighted by molar-refractivity contribution is 0.0773. The van der Waals surface area contributed by atoms with Crippen molar-refractivity contribution < 1.29 is 13.2 Å². The van der Waals surface area contributed by atoms with Crippen LogP contribution >= 0.6 is 0 Å². The van der Waals surface area contributed by atoms with Gasteiger partial charge in [0.25, 0.3) is 5.91 Å². The first-order valence-electron chi connectivity index (χ1n) is 8.96. The second kappa shape index (κ2) is 7.05. The number of piperidine rings is 1. The first-order valence-corrected chi connectivity index (χ1v) is 10.4. The molecule has 1 atom stereocenters. The van der Waals surface area contributed by atoms with Gasteiger partial charge in [-0.15, -0.1) is 0 Å². The normalized spacial score (nSPS) is 25.3. The number of sulfonamides is 1. The maximum atomic E-state index is 13.0. The summed E-state index contributed by atoms with van der Waals surface area (Å²) in [4.78, 5) is 14.9. The molecule has 2 N–H and O–H groups in total. The Morgan fingerprint density at radius 1 is 1.16 bits per heavy atom. The predicted octanol–water partition coefficient (Wildman–Crippen LogP) is 1.67. The Morgan fingerprint density at radius 2 is 1.84 bits per heavy atom. The first-order chi connectivity index (χ1) is 11.9. The molecule has 1 aromatic carbocycles. The summed E-state index contributed by atoms with van der Waals surface area (Å²) in [5.74, 6) is -0.214. The van der Waals surface area contributed by atoms with E-state index in [1.165, 1.54) is 4.31 Å². The third-order valence-electron chi connectivity index (χ3n) is 5.39. The van der Waals surface area contributed by atoms with Crippen LogP contribution in [0.3, 0.4) is 0 Å². The zero-order chi connectivity index (χ0) is 18.1. The molecule has 0 spiro atoms. The molecule has 2 aliphatic rings. The Hall–Kier alpha value is -1.44. The highest BCUT2D eigenvalue weighted by atomic mass is 32.2. The van der Waals surface area contributed by atoms with Gasteiger partial charge in [-0.3, -0.25) is 4.79 Å². The number of hydrogen-bond acceptors (Lipinski definition) is 4. The minimum atomic E-state index is -3.64. The lowest BCUT2D eigenvalue weighted by atomic mass is 9.90. The van der Waals surface area contributed by atoms with Crippen LogP contribution in [0.4, 0.5) is 0 Å². The SMILES string of the molecule is CC1(CN)CCN(C(=O)c2ccccc2S(=O)(=O)N2CCCCC2)C1. The molecule has 25 heavy (non-hydrogen) atoms. The number of hydrogen-bond donors (Lipinski definition) is 1. The molecule has 2 heterocycles. The molecule has 0 aromatic heterocycles. The number of carbonyl (C=O) groups is 1. The topological polar surface area (TPSA) is 83.7 Å². The number of benzene rings is 1. The van der Waals surface area contributed by atoms with Gasteiger partial charge >= 0.3 is 0 Å². The van der Waals surface area contributed by atoms with E-state index in [0.29, 0.717) is 32.7 Å². The maximum absolute atomic E-state index is 13.0. The van der Waals surface area contributed by atoms with Gasteiger partial charge in [0.05, 0.1) is 10.5 Å². The minimum absolute atomic E-state index is 0.0870. The quantitative estimate of drug-likeness (QED) is 0.880. The third kappa shape index (κ3) is 3.59. The summed E-state index contributed by atoms with van der Waals surface area (Å²) < 4.78 is 27.6. The second-order valence-corrected chi connectivity index (χ2v) is 9.36. The summed E-state index contributed by atoms with van der Waals surface area (Å²) in [5.41, 5.74) is 6.01. The second-order valence-electron chi connectivity index (χ2n) is 7.45. The highest BCUT2D eigenvalue weighted by Crippen LogP contribution is 2.31. The summed E-state index contributed by atoms with van der Waals surface area (Å²) in [7, 11) is -3.64. The van der Waals surface area contributed by atoms with Crippen molar-refractivity contribution in [2.24, 2.45) is 11.1 Å². The number of nitrogens with zero attached hydrogens (tertiary/aromatic N) is 2. The molecule has 3 rings (SSSR count). The number of carbonyl (C=O) groups excluding carboxylic acids is 1. The van der Waals surface area contributed by atoms with E-state index in [1.54, 1.807) is 29.2 Å². The molecule has 2 saturated heterocycles. The summed E-state index contributed by atoms with van der Waals surface area (Å²) in [6.07, 6.45) is 3.64. The molecule has 0 aliphatic carbocycles. The van der Waals surface area contributed by atoms with Crippen LogP contribution in [0.15, 0.2) is 29.2 Å². The van der Waals surface area contributed by atoms with Crippen molar-refractivity contribution in [2.45, 2.75) is 37.5 Å². The van der Waals surface area contributed by atoms with E-state index in [2.05, 4.69) is 6.92 Å². The number of nitrogens with two attached hydrogens (primary N) is 1. The van der Waals surface area contributed by atoms with Crippen molar-refractivity contribution >= 4 is 15.9 Å². The lowest BCUT2D eigenvalue weighted by Crippen LogP contribution is -2.38. The van der Waals surface area contributed by atoms with Gasteiger partial charge in [-0.05, 0) is 43.4 Å². The maximum Gasteiger partial charge on any atom is 0.255 e. The van der Waals surface area contributed by atoms with Crippen molar-refractivity contribution in [1.82, 2.24) is 9.21 Å². The largest absolute Gasteiger partial charge is 0.338 e. The molecule has 2 aliphatic heterocycles. The van der Waals surface area contributed by atoms with Crippen LogP contribution in [-0.2, 0) is 10.0 Å². The molecule has 138 valence electrons. The molecular weight excluding hydrogens is 338 g/mol. The van der Waals surface area contributed by atoms with Crippen LogP contribution in [0.1, 0.15) is 43.0 Å². The lowest BCUT2D eigenvalue weighted by Gasteiger charge is -2.27. The van der Waals surface area contributed by atoms with Crippen molar-refractivity contribution in [2.75, 3.05) is 32.7 Å². The van der Waals surface area contributed by atoms with E-state index >= 15 is 0 Å². The Morgan fingerprint density at radius 3 is 2.48 bits per heavy atom. The van der Waals surface area contributed by atoms with Gasteiger partial charge < -0.3 is 10.6 Å². The molecule has 0 bridgehead atoms. The Labute approximate surface area is 150 Å². The van der Waals surface area contributed by atoms with E-state index in [9.17, 15) is 13.2 Å². The molecule has 7 heteroatoms. The molecule has 0 radical (unpaired) electrons.